The first-order valence-electron chi connectivity index (χ1n) is 8.56. The van der Waals surface area contributed by atoms with Gasteiger partial charge in [-0.05, 0) is 56.1 Å². The second-order valence-corrected chi connectivity index (χ2v) is 6.26. The number of hydrogen-bond donors (Lipinski definition) is 2. The fourth-order valence-electron chi connectivity index (χ4n) is 2.94. The van der Waals surface area contributed by atoms with Crippen molar-refractivity contribution in [3.63, 3.8) is 0 Å². The molecule has 1 saturated heterocycles. The molecule has 1 aliphatic rings. The van der Waals surface area contributed by atoms with Crippen molar-refractivity contribution >= 4 is 18.3 Å². The predicted octanol–water partition coefficient (Wildman–Crippen LogP) is 4.08. The summed E-state index contributed by atoms with van der Waals surface area (Å²) >= 11 is 0. The average Bonchev–Trinajstić information content (AvgIpc) is 2.64. The van der Waals surface area contributed by atoms with E-state index in [2.05, 4.69) is 10.6 Å². The number of para-hydroxylation sites is 1. The molecule has 0 radical (unpaired) electrons. The molecule has 4 nitrogen and oxygen atoms in total. The molecule has 2 unspecified atom stereocenters. The third-order valence-electron chi connectivity index (χ3n) is 4.39. The van der Waals surface area contributed by atoms with E-state index in [0.717, 1.165) is 43.0 Å². The molecule has 25 heavy (non-hydrogen) atoms. The lowest BCUT2D eigenvalue weighted by molar-refractivity contribution is -0.126. The zero-order chi connectivity index (χ0) is 16.8. The molecule has 2 aromatic carbocycles. The van der Waals surface area contributed by atoms with Gasteiger partial charge < -0.3 is 15.4 Å². The largest absolute Gasteiger partial charge is 0.457 e. The van der Waals surface area contributed by atoms with E-state index >= 15 is 0 Å². The quantitative estimate of drug-likeness (QED) is 0.844. The Morgan fingerprint density at radius 3 is 2.44 bits per heavy atom. The number of benzene rings is 2. The third kappa shape index (κ3) is 5.48. The van der Waals surface area contributed by atoms with Crippen molar-refractivity contribution in [2.45, 2.75) is 25.8 Å². The highest BCUT2D eigenvalue weighted by Gasteiger charge is 2.22. The summed E-state index contributed by atoms with van der Waals surface area (Å²) in [6.07, 6.45) is 2.04. The fraction of sp³-hybridized carbons (Fsp3) is 0.350. The molecule has 0 bridgehead atoms. The number of ether oxygens (including phenoxy) is 1. The summed E-state index contributed by atoms with van der Waals surface area (Å²) in [7, 11) is 0. The minimum absolute atomic E-state index is 0. The van der Waals surface area contributed by atoms with Gasteiger partial charge in [0, 0.05) is 6.54 Å². The molecular formula is C20H25ClN2O2. The minimum Gasteiger partial charge on any atom is -0.457 e. The maximum atomic E-state index is 12.3. The Morgan fingerprint density at radius 1 is 1.12 bits per heavy atom. The van der Waals surface area contributed by atoms with Crippen LogP contribution in [0.5, 0.6) is 11.5 Å². The van der Waals surface area contributed by atoms with Gasteiger partial charge in [0.05, 0.1) is 12.0 Å². The van der Waals surface area contributed by atoms with Crippen molar-refractivity contribution in [3.05, 3.63) is 60.2 Å². The molecule has 1 amide bonds. The normalized spacial score (nSPS) is 17.9. The Hall–Kier alpha value is -2.04. The molecule has 2 aromatic rings. The number of halogens is 1. The van der Waals surface area contributed by atoms with E-state index in [0.29, 0.717) is 0 Å². The molecule has 1 heterocycles. The van der Waals surface area contributed by atoms with Crippen LogP contribution in [0.2, 0.25) is 0 Å². The summed E-state index contributed by atoms with van der Waals surface area (Å²) in [6, 6.07) is 17.6. The molecule has 0 aromatic heterocycles. The Kier molecular flexibility index (Phi) is 7.29. The van der Waals surface area contributed by atoms with Crippen molar-refractivity contribution in [2.24, 2.45) is 5.92 Å². The Morgan fingerprint density at radius 2 is 1.80 bits per heavy atom. The van der Waals surface area contributed by atoms with Gasteiger partial charge in [-0.3, -0.25) is 4.79 Å². The molecule has 2 N–H and O–H groups in total. The first-order valence-corrected chi connectivity index (χ1v) is 8.56. The molecule has 3 rings (SSSR count). The molecule has 1 fully saturated rings. The molecule has 134 valence electrons. The van der Waals surface area contributed by atoms with E-state index < -0.39 is 0 Å². The lowest BCUT2D eigenvalue weighted by Gasteiger charge is -2.24. The van der Waals surface area contributed by atoms with Gasteiger partial charge in [-0.25, -0.2) is 0 Å². The van der Waals surface area contributed by atoms with Crippen molar-refractivity contribution in [1.82, 2.24) is 10.6 Å². The van der Waals surface area contributed by atoms with Gasteiger partial charge in [-0.2, -0.15) is 0 Å². The molecule has 2 atom stereocenters. The summed E-state index contributed by atoms with van der Waals surface area (Å²) in [5.41, 5.74) is 1.08. The lowest BCUT2D eigenvalue weighted by atomic mass is 9.98. The Labute approximate surface area is 155 Å². The van der Waals surface area contributed by atoms with Crippen LogP contribution in [-0.2, 0) is 4.79 Å². The van der Waals surface area contributed by atoms with Crippen molar-refractivity contribution in [2.75, 3.05) is 13.1 Å². The highest BCUT2D eigenvalue weighted by molar-refractivity contribution is 5.85. The van der Waals surface area contributed by atoms with Gasteiger partial charge in [0.15, 0.2) is 0 Å². The van der Waals surface area contributed by atoms with Gasteiger partial charge in [0.1, 0.15) is 11.5 Å². The maximum Gasteiger partial charge on any atom is 0.224 e. The zero-order valence-corrected chi connectivity index (χ0v) is 15.2. The van der Waals surface area contributed by atoms with Crippen LogP contribution in [0.4, 0.5) is 0 Å². The van der Waals surface area contributed by atoms with Crippen LogP contribution in [-0.4, -0.2) is 19.0 Å². The summed E-state index contributed by atoms with van der Waals surface area (Å²) in [6.45, 7) is 3.81. The molecule has 0 spiro atoms. The van der Waals surface area contributed by atoms with Crippen LogP contribution in [0.15, 0.2) is 54.6 Å². The first kappa shape index (κ1) is 19.3. The maximum absolute atomic E-state index is 12.3. The highest BCUT2D eigenvalue weighted by atomic mass is 35.5. The van der Waals surface area contributed by atoms with Gasteiger partial charge in [-0.15, -0.1) is 12.4 Å². The van der Waals surface area contributed by atoms with Crippen molar-refractivity contribution < 1.29 is 9.53 Å². The Bertz CT molecular complexity index is 655. The van der Waals surface area contributed by atoms with E-state index in [4.69, 9.17) is 4.74 Å². The number of nitrogens with one attached hydrogen (secondary N) is 2. The number of amides is 1. The van der Waals surface area contributed by atoms with E-state index in [1.165, 1.54) is 0 Å². The average molecular weight is 361 g/mol. The first-order chi connectivity index (χ1) is 11.7. The molecule has 0 saturated carbocycles. The number of hydrogen-bond acceptors (Lipinski definition) is 3. The van der Waals surface area contributed by atoms with Gasteiger partial charge in [-0.1, -0.05) is 30.3 Å². The van der Waals surface area contributed by atoms with E-state index in [1.54, 1.807) is 0 Å². The second kappa shape index (κ2) is 9.44. The van der Waals surface area contributed by atoms with Crippen molar-refractivity contribution in [3.8, 4) is 11.5 Å². The molecule has 1 aliphatic heterocycles. The zero-order valence-electron chi connectivity index (χ0n) is 14.4. The number of rotatable bonds is 5. The molecule has 5 heteroatoms. The minimum atomic E-state index is -0.00907. The topological polar surface area (TPSA) is 50.4 Å². The molecule has 0 aliphatic carbocycles. The van der Waals surface area contributed by atoms with Gasteiger partial charge in [0.25, 0.3) is 0 Å². The van der Waals surface area contributed by atoms with Gasteiger partial charge in [0.2, 0.25) is 5.91 Å². The standard InChI is InChI=1S/C20H24N2O2.ClH/c1-15(22-20(23)17-6-5-13-21-14-17)16-9-11-19(12-10-16)24-18-7-3-2-4-8-18;/h2-4,7-12,15,17,21H,5-6,13-14H2,1H3,(H,22,23);1H. The molecular weight excluding hydrogens is 336 g/mol. The number of carbonyl (C=O) groups is 1. The summed E-state index contributed by atoms with van der Waals surface area (Å²) in [5, 5.41) is 6.40. The number of piperidine rings is 1. The second-order valence-electron chi connectivity index (χ2n) is 6.26. The lowest BCUT2D eigenvalue weighted by Crippen LogP contribution is -2.41. The monoisotopic (exact) mass is 360 g/mol. The Balaban J connectivity index is 0.00000225. The summed E-state index contributed by atoms with van der Waals surface area (Å²) < 4.78 is 5.79. The van der Waals surface area contributed by atoms with Crippen molar-refractivity contribution in [1.29, 1.82) is 0 Å². The van der Waals surface area contributed by atoms with Crippen LogP contribution in [0, 0.1) is 5.92 Å². The van der Waals surface area contributed by atoms with E-state index in [9.17, 15) is 4.79 Å². The third-order valence-corrected chi connectivity index (χ3v) is 4.39. The van der Waals surface area contributed by atoms with E-state index in [1.807, 2.05) is 61.5 Å². The van der Waals surface area contributed by atoms with E-state index in [-0.39, 0.29) is 30.3 Å². The smallest absolute Gasteiger partial charge is 0.224 e. The van der Waals surface area contributed by atoms with Crippen LogP contribution >= 0.6 is 12.4 Å². The van der Waals surface area contributed by atoms with Crippen LogP contribution in [0.3, 0.4) is 0 Å². The SMILES string of the molecule is CC(NC(=O)C1CCCNC1)c1ccc(Oc2ccccc2)cc1.Cl. The fourth-order valence-corrected chi connectivity index (χ4v) is 2.94. The summed E-state index contributed by atoms with van der Waals surface area (Å²) in [4.78, 5) is 12.3. The van der Waals surface area contributed by atoms with Gasteiger partial charge >= 0.3 is 0 Å². The van der Waals surface area contributed by atoms with Crippen LogP contribution < -0.4 is 15.4 Å². The predicted molar refractivity (Wildman–Crippen MR) is 102 cm³/mol. The highest BCUT2D eigenvalue weighted by Crippen LogP contribution is 2.23. The number of carbonyl (C=O) groups excluding carboxylic acids is 1. The van der Waals surface area contributed by atoms with Crippen LogP contribution in [0.1, 0.15) is 31.4 Å². The summed E-state index contributed by atoms with van der Waals surface area (Å²) in [5.74, 6) is 1.83. The van der Waals surface area contributed by atoms with Crippen LogP contribution in [0.25, 0.3) is 0 Å².